The molecule has 2 aromatic rings. The lowest BCUT2D eigenvalue weighted by atomic mass is 10.1. The van der Waals surface area contributed by atoms with Gasteiger partial charge in [0.2, 0.25) is 0 Å². The summed E-state index contributed by atoms with van der Waals surface area (Å²) >= 11 is 1.54. The summed E-state index contributed by atoms with van der Waals surface area (Å²) in [5, 5.41) is 6.05. The van der Waals surface area contributed by atoms with Crippen molar-refractivity contribution >= 4 is 11.3 Å². The van der Waals surface area contributed by atoms with Crippen LogP contribution in [0.3, 0.4) is 0 Å². The maximum Gasteiger partial charge on any atom is 0.130 e. The highest BCUT2D eigenvalue weighted by Crippen LogP contribution is 2.25. The summed E-state index contributed by atoms with van der Waals surface area (Å²) < 4.78 is 27.3. The van der Waals surface area contributed by atoms with Gasteiger partial charge in [-0.25, -0.2) is 13.8 Å². The maximum absolute atomic E-state index is 13.7. The van der Waals surface area contributed by atoms with Crippen molar-refractivity contribution in [2.24, 2.45) is 0 Å². The number of aryl methyl sites for hydroxylation is 1. The third-order valence-corrected chi connectivity index (χ3v) is 4.09. The smallest absolute Gasteiger partial charge is 0.130 e. The van der Waals surface area contributed by atoms with Crippen molar-refractivity contribution in [2.45, 2.75) is 32.9 Å². The van der Waals surface area contributed by atoms with E-state index in [1.165, 1.54) is 18.2 Å². The van der Waals surface area contributed by atoms with Crippen LogP contribution in [0.15, 0.2) is 23.6 Å². The Hall–Kier alpha value is -1.33. The lowest BCUT2D eigenvalue weighted by molar-refractivity contribution is 0.449. The normalized spacial score (nSPS) is 14.4. The Morgan fingerprint density at radius 1 is 1.16 bits per heavy atom. The van der Waals surface area contributed by atoms with Crippen molar-refractivity contribution in [1.82, 2.24) is 10.3 Å². The molecule has 0 fully saturated rings. The predicted octanol–water partition coefficient (Wildman–Crippen LogP) is 4.14. The molecule has 1 aromatic carbocycles. The SMILES string of the molecule is Cc1csc(C(C)NC(C)c2c(F)cccc2F)n1. The molecule has 1 heterocycles. The molecule has 0 spiro atoms. The van der Waals surface area contributed by atoms with E-state index in [4.69, 9.17) is 0 Å². The molecule has 0 aliphatic carbocycles. The number of hydrogen-bond acceptors (Lipinski definition) is 3. The maximum atomic E-state index is 13.7. The molecule has 0 saturated heterocycles. The second kappa shape index (κ2) is 5.75. The number of halogens is 2. The van der Waals surface area contributed by atoms with Crippen LogP contribution in [0.2, 0.25) is 0 Å². The molecule has 0 aliphatic heterocycles. The van der Waals surface area contributed by atoms with Gasteiger partial charge in [0.1, 0.15) is 16.6 Å². The van der Waals surface area contributed by atoms with Crippen molar-refractivity contribution in [3.05, 3.63) is 51.5 Å². The molecule has 0 aliphatic rings. The van der Waals surface area contributed by atoms with E-state index in [2.05, 4.69) is 10.3 Å². The average molecular weight is 282 g/mol. The van der Waals surface area contributed by atoms with Crippen LogP contribution in [0.25, 0.3) is 0 Å². The van der Waals surface area contributed by atoms with Gasteiger partial charge in [0.05, 0.1) is 6.04 Å². The Balaban J connectivity index is 2.15. The molecule has 5 heteroatoms. The molecular weight excluding hydrogens is 266 g/mol. The number of thiazole rings is 1. The lowest BCUT2D eigenvalue weighted by Gasteiger charge is -2.19. The van der Waals surface area contributed by atoms with E-state index in [9.17, 15) is 8.78 Å². The molecule has 0 saturated carbocycles. The molecule has 0 amide bonds. The molecule has 0 radical (unpaired) electrons. The van der Waals surface area contributed by atoms with Gasteiger partial charge in [-0.3, -0.25) is 0 Å². The number of rotatable bonds is 4. The van der Waals surface area contributed by atoms with E-state index in [1.54, 1.807) is 18.3 Å². The summed E-state index contributed by atoms with van der Waals surface area (Å²) in [5.74, 6) is -1.05. The van der Waals surface area contributed by atoms with E-state index in [-0.39, 0.29) is 11.6 Å². The van der Waals surface area contributed by atoms with Crippen LogP contribution in [0.1, 0.15) is 42.2 Å². The van der Waals surface area contributed by atoms with Gasteiger partial charge in [0.15, 0.2) is 0 Å². The van der Waals surface area contributed by atoms with Crippen LogP contribution in [-0.4, -0.2) is 4.98 Å². The minimum Gasteiger partial charge on any atom is -0.301 e. The number of benzene rings is 1. The van der Waals surface area contributed by atoms with Crippen LogP contribution in [0.5, 0.6) is 0 Å². The number of nitrogens with one attached hydrogen (secondary N) is 1. The molecule has 19 heavy (non-hydrogen) atoms. The molecular formula is C14H16F2N2S. The fourth-order valence-electron chi connectivity index (χ4n) is 2.03. The van der Waals surface area contributed by atoms with Gasteiger partial charge in [-0.1, -0.05) is 6.07 Å². The van der Waals surface area contributed by atoms with Gasteiger partial charge in [-0.15, -0.1) is 11.3 Å². The van der Waals surface area contributed by atoms with Crippen LogP contribution < -0.4 is 5.32 Å². The van der Waals surface area contributed by atoms with Crippen LogP contribution in [-0.2, 0) is 0 Å². The summed E-state index contributed by atoms with van der Waals surface area (Å²) in [5.41, 5.74) is 1.03. The summed E-state index contributed by atoms with van der Waals surface area (Å²) in [6.07, 6.45) is 0. The number of hydrogen-bond donors (Lipinski definition) is 1. The standard InChI is InChI=1S/C14H16F2N2S/c1-8-7-19-14(17-8)10(3)18-9(2)13-11(15)5-4-6-12(13)16/h4-7,9-10,18H,1-3H3. The van der Waals surface area contributed by atoms with Crippen molar-refractivity contribution in [2.75, 3.05) is 0 Å². The van der Waals surface area contributed by atoms with E-state index in [0.29, 0.717) is 0 Å². The second-order valence-electron chi connectivity index (χ2n) is 4.57. The Kier molecular flexibility index (Phi) is 4.27. The van der Waals surface area contributed by atoms with Crippen LogP contribution in [0, 0.1) is 18.6 Å². The second-order valence-corrected chi connectivity index (χ2v) is 5.46. The molecule has 102 valence electrons. The first-order valence-electron chi connectivity index (χ1n) is 6.11. The van der Waals surface area contributed by atoms with Gasteiger partial charge in [0.25, 0.3) is 0 Å². The number of nitrogens with zero attached hydrogens (tertiary/aromatic N) is 1. The fraction of sp³-hybridized carbons (Fsp3) is 0.357. The van der Waals surface area contributed by atoms with E-state index >= 15 is 0 Å². The molecule has 2 unspecified atom stereocenters. The van der Waals surface area contributed by atoms with Gasteiger partial charge < -0.3 is 5.32 Å². The van der Waals surface area contributed by atoms with E-state index < -0.39 is 17.7 Å². The van der Waals surface area contributed by atoms with Crippen molar-refractivity contribution in [3.8, 4) is 0 Å². The summed E-state index contributed by atoms with van der Waals surface area (Å²) in [4.78, 5) is 4.37. The monoisotopic (exact) mass is 282 g/mol. The Bertz CT molecular complexity index is 548. The predicted molar refractivity (Wildman–Crippen MR) is 73.2 cm³/mol. The molecule has 2 rings (SSSR count). The zero-order chi connectivity index (χ0) is 14.0. The highest BCUT2D eigenvalue weighted by molar-refractivity contribution is 7.09. The third kappa shape index (κ3) is 3.16. The van der Waals surface area contributed by atoms with Crippen LogP contribution in [0.4, 0.5) is 8.78 Å². The van der Waals surface area contributed by atoms with Gasteiger partial charge in [-0.05, 0) is 32.9 Å². The summed E-state index contributed by atoms with van der Waals surface area (Å²) in [6, 6.07) is 3.45. The fourth-order valence-corrected chi connectivity index (χ4v) is 2.84. The lowest BCUT2D eigenvalue weighted by Crippen LogP contribution is -2.24. The zero-order valence-corrected chi connectivity index (χ0v) is 11.9. The topological polar surface area (TPSA) is 24.9 Å². The van der Waals surface area contributed by atoms with E-state index in [0.717, 1.165) is 10.7 Å². The first-order valence-corrected chi connectivity index (χ1v) is 6.99. The van der Waals surface area contributed by atoms with Gasteiger partial charge >= 0.3 is 0 Å². The largest absolute Gasteiger partial charge is 0.301 e. The Morgan fingerprint density at radius 2 is 1.79 bits per heavy atom. The highest BCUT2D eigenvalue weighted by Gasteiger charge is 2.19. The molecule has 1 N–H and O–H groups in total. The summed E-state index contributed by atoms with van der Waals surface area (Å²) in [7, 11) is 0. The highest BCUT2D eigenvalue weighted by atomic mass is 32.1. The first kappa shape index (κ1) is 14.1. The average Bonchev–Trinajstić information content (AvgIpc) is 2.75. The minimum absolute atomic E-state index is 0.0484. The molecule has 2 nitrogen and oxygen atoms in total. The van der Waals surface area contributed by atoms with E-state index in [1.807, 2.05) is 19.2 Å². The zero-order valence-electron chi connectivity index (χ0n) is 11.1. The summed E-state index contributed by atoms with van der Waals surface area (Å²) in [6.45, 7) is 5.61. The Morgan fingerprint density at radius 3 is 2.32 bits per heavy atom. The van der Waals surface area contributed by atoms with Crippen molar-refractivity contribution in [3.63, 3.8) is 0 Å². The molecule has 2 atom stereocenters. The van der Waals surface area contributed by atoms with Crippen molar-refractivity contribution < 1.29 is 8.78 Å². The van der Waals surface area contributed by atoms with Crippen molar-refractivity contribution in [1.29, 1.82) is 0 Å². The first-order chi connectivity index (χ1) is 8.99. The third-order valence-electron chi connectivity index (χ3n) is 2.94. The van der Waals surface area contributed by atoms with Gasteiger partial charge in [-0.2, -0.15) is 0 Å². The minimum atomic E-state index is -0.525. The molecule has 1 aromatic heterocycles. The van der Waals surface area contributed by atoms with Gasteiger partial charge in [0, 0.05) is 22.7 Å². The quantitative estimate of drug-likeness (QED) is 0.911. The molecule has 0 bridgehead atoms. The van der Waals surface area contributed by atoms with Crippen LogP contribution >= 0.6 is 11.3 Å². The Labute approximate surface area is 115 Å². The number of aromatic nitrogens is 1.